The second-order valence-electron chi connectivity index (χ2n) is 3.57. The molecule has 0 fully saturated rings. The van der Waals surface area contributed by atoms with E-state index in [0.29, 0.717) is 10.2 Å². The van der Waals surface area contributed by atoms with Crippen LogP contribution >= 0.6 is 27.5 Å². The Labute approximate surface area is 122 Å². The van der Waals surface area contributed by atoms with Gasteiger partial charge in [-0.25, -0.2) is 9.18 Å². The van der Waals surface area contributed by atoms with E-state index in [4.69, 9.17) is 16.3 Å². The first-order valence-corrected chi connectivity index (χ1v) is 6.42. The molecule has 0 heterocycles. The minimum absolute atomic E-state index is 0.0805. The summed E-state index contributed by atoms with van der Waals surface area (Å²) in [6.07, 6.45) is -0.708. The third-order valence-electron chi connectivity index (χ3n) is 2.19. The lowest BCUT2D eigenvalue weighted by Gasteiger charge is -2.10. The van der Waals surface area contributed by atoms with Crippen molar-refractivity contribution < 1.29 is 13.9 Å². The van der Waals surface area contributed by atoms with Crippen LogP contribution < -0.4 is 10.1 Å². The highest BCUT2D eigenvalue weighted by molar-refractivity contribution is 9.10. The average molecular weight is 345 g/mol. The first-order chi connectivity index (χ1) is 9.06. The lowest BCUT2D eigenvalue weighted by molar-refractivity contribution is 0.215. The fourth-order valence-corrected chi connectivity index (χ4v) is 2.28. The number of carbonyl (C=O) groups is 1. The number of benzene rings is 2. The first-order valence-electron chi connectivity index (χ1n) is 5.24. The van der Waals surface area contributed by atoms with Crippen LogP contribution in [0.2, 0.25) is 5.02 Å². The predicted octanol–water partition coefficient (Wildman–Crippen LogP) is 4.85. The van der Waals surface area contributed by atoms with E-state index in [0.717, 1.165) is 6.07 Å². The van der Waals surface area contributed by atoms with Gasteiger partial charge >= 0.3 is 6.09 Å². The van der Waals surface area contributed by atoms with Gasteiger partial charge < -0.3 is 4.74 Å². The molecule has 98 valence electrons. The number of ether oxygens (including phenoxy) is 1. The highest BCUT2D eigenvalue weighted by Gasteiger charge is 2.12. The fourth-order valence-electron chi connectivity index (χ4n) is 1.38. The van der Waals surface area contributed by atoms with Gasteiger partial charge in [-0.2, -0.15) is 0 Å². The summed E-state index contributed by atoms with van der Waals surface area (Å²) < 4.78 is 18.4. The highest BCUT2D eigenvalue weighted by atomic mass is 79.9. The number of para-hydroxylation sites is 1. The SMILES string of the molecule is O=C(Nc1c(Cl)cc(F)cc1Br)Oc1ccccc1. The summed E-state index contributed by atoms with van der Waals surface area (Å²) in [7, 11) is 0. The molecular weight excluding hydrogens is 337 g/mol. The molecule has 6 heteroatoms. The van der Waals surface area contributed by atoms with Gasteiger partial charge in [0.15, 0.2) is 0 Å². The van der Waals surface area contributed by atoms with Crippen molar-refractivity contribution in [3.8, 4) is 5.75 Å². The van der Waals surface area contributed by atoms with Crippen LogP contribution in [0.15, 0.2) is 46.9 Å². The monoisotopic (exact) mass is 343 g/mol. The van der Waals surface area contributed by atoms with Gasteiger partial charge in [-0.15, -0.1) is 0 Å². The summed E-state index contributed by atoms with van der Waals surface area (Å²) in [4.78, 5) is 11.7. The van der Waals surface area contributed by atoms with E-state index in [1.807, 2.05) is 0 Å². The van der Waals surface area contributed by atoms with Crippen LogP contribution in [0, 0.1) is 5.82 Å². The van der Waals surface area contributed by atoms with Crippen LogP contribution in [0.4, 0.5) is 14.9 Å². The van der Waals surface area contributed by atoms with Gasteiger partial charge in [-0.05, 0) is 40.2 Å². The minimum Gasteiger partial charge on any atom is -0.410 e. The molecule has 0 bridgehead atoms. The second kappa shape index (κ2) is 6.04. The number of halogens is 3. The largest absolute Gasteiger partial charge is 0.417 e. The summed E-state index contributed by atoms with van der Waals surface area (Å²) in [5.41, 5.74) is 0.254. The zero-order chi connectivity index (χ0) is 13.8. The molecule has 19 heavy (non-hydrogen) atoms. The van der Waals surface area contributed by atoms with E-state index in [-0.39, 0.29) is 10.7 Å². The number of amides is 1. The van der Waals surface area contributed by atoms with Crippen molar-refractivity contribution in [3.63, 3.8) is 0 Å². The molecule has 2 aromatic rings. The van der Waals surface area contributed by atoms with E-state index in [2.05, 4.69) is 21.2 Å². The van der Waals surface area contributed by atoms with Crippen molar-refractivity contribution in [3.05, 3.63) is 57.8 Å². The molecule has 0 unspecified atom stereocenters. The van der Waals surface area contributed by atoms with Crippen LogP contribution in [0.1, 0.15) is 0 Å². The Bertz CT molecular complexity index is 584. The average Bonchev–Trinajstić information content (AvgIpc) is 2.35. The maximum atomic E-state index is 13.0. The fraction of sp³-hybridized carbons (Fsp3) is 0. The van der Waals surface area contributed by atoms with Gasteiger partial charge in [-0.3, -0.25) is 5.32 Å². The van der Waals surface area contributed by atoms with Crippen LogP contribution in [-0.2, 0) is 0 Å². The molecule has 0 saturated carbocycles. The zero-order valence-corrected chi connectivity index (χ0v) is 11.8. The van der Waals surface area contributed by atoms with E-state index >= 15 is 0 Å². The van der Waals surface area contributed by atoms with Crippen LogP contribution in [-0.4, -0.2) is 6.09 Å². The van der Waals surface area contributed by atoms with Crippen molar-refractivity contribution in [2.45, 2.75) is 0 Å². The Morgan fingerprint density at radius 3 is 2.58 bits per heavy atom. The molecule has 0 aliphatic heterocycles. The molecule has 0 aliphatic carbocycles. The molecule has 1 amide bonds. The number of anilines is 1. The smallest absolute Gasteiger partial charge is 0.410 e. The highest BCUT2D eigenvalue weighted by Crippen LogP contribution is 2.31. The number of hydrogen-bond acceptors (Lipinski definition) is 2. The Morgan fingerprint density at radius 2 is 1.95 bits per heavy atom. The third-order valence-corrected chi connectivity index (χ3v) is 3.11. The molecule has 0 atom stereocenters. The zero-order valence-electron chi connectivity index (χ0n) is 9.49. The van der Waals surface area contributed by atoms with Crippen molar-refractivity contribution in [1.82, 2.24) is 0 Å². The molecule has 1 N–H and O–H groups in total. The lowest BCUT2D eigenvalue weighted by Crippen LogP contribution is -2.17. The van der Waals surface area contributed by atoms with E-state index < -0.39 is 11.9 Å². The minimum atomic E-state index is -0.708. The molecular formula is C13H8BrClFNO2. The molecule has 2 rings (SSSR count). The van der Waals surface area contributed by atoms with Gasteiger partial charge in [0, 0.05) is 4.47 Å². The number of rotatable bonds is 2. The van der Waals surface area contributed by atoms with E-state index in [1.165, 1.54) is 6.07 Å². The molecule has 0 aromatic heterocycles. The van der Waals surface area contributed by atoms with Gasteiger partial charge in [0.2, 0.25) is 0 Å². The maximum Gasteiger partial charge on any atom is 0.417 e. The molecule has 2 aromatic carbocycles. The Balaban J connectivity index is 2.12. The van der Waals surface area contributed by atoms with Gasteiger partial charge in [0.1, 0.15) is 11.6 Å². The Kier molecular flexibility index (Phi) is 4.39. The van der Waals surface area contributed by atoms with E-state index in [1.54, 1.807) is 30.3 Å². The molecule has 3 nitrogen and oxygen atoms in total. The number of carbonyl (C=O) groups excluding carboxylic acids is 1. The quantitative estimate of drug-likeness (QED) is 0.845. The second-order valence-corrected chi connectivity index (χ2v) is 4.83. The summed E-state index contributed by atoms with van der Waals surface area (Å²) >= 11 is 8.96. The Hall–Kier alpha value is -1.59. The van der Waals surface area contributed by atoms with Crippen molar-refractivity contribution in [2.24, 2.45) is 0 Å². The van der Waals surface area contributed by atoms with Gasteiger partial charge in [-0.1, -0.05) is 29.8 Å². The lowest BCUT2D eigenvalue weighted by atomic mass is 10.3. The molecule has 0 radical (unpaired) electrons. The van der Waals surface area contributed by atoms with Crippen molar-refractivity contribution in [1.29, 1.82) is 0 Å². The first kappa shape index (κ1) is 13.8. The Morgan fingerprint density at radius 1 is 1.26 bits per heavy atom. The summed E-state index contributed by atoms with van der Waals surface area (Å²) in [5.74, 6) is -0.104. The number of hydrogen-bond donors (Lipinski definition) is 1. The van der Waals surface area contributed by atoms with Crippen LogP contribution in [0.25, 0.3) is 0 Å². The standard InChI is InChI=1S/C13H8BrClFNO2/c14-10-6-8(16)7-11(15)12(10)17-13(18)19-9-4-2-1-3-5-9/h1-7H,(H,17,18). The van der Waals surface area contributed by atoms with Crippen molar-refractivity contribution >= 4 is 39.3 Å². The van der Waals surface area contributed by atoms with Gasteiger partial charge in [0.25, 0.3) is 0 Å². The van der Waals surface area contributed by atoms with Crippen LogP contribution in [0.5, 0.6) is 5.75 Å². The predicted molar refractivity (Wildman–Crippen MR) is 75.2 cm³/mol. The normalized spacial score (nSPS) is 10.1. The summed E-state index contributed by atoms with van der Waals surface area (Å²) in [6, 6.07) is 10.9. The van der Waals surface area contributed by atoms with Crippen LogP contribution in [0.3, 0.4) is 0 Å². The summed E-state index contributed by atoms with van der Waals surface area (Å²) in [6.45, 7) is 0. The number of nitrogens with one attached hydrogen (secondary N) is 1. The molecule has 0 saturated heterocycles. The van der Waals surface area contributed by atoms with E-state index in [9.17, 15) is 9.18 Å². The summed E-state index contributed by atoms with van der Waals surface area (Å²) in [5, 5.41) is 2.53. The van der Waals surface area contributed by atoms with Gasteiger partial charge in [0.05, 0.1) is 10.7 Å². The van der Waals surface area contributed by atoms with Crippen molar-refractivity contribution in [2.75, 3.05) is 5.32 Å². The topological polar surface area (TPSA) is 38.3 Å². The molecule has 0 spiro atoms. The maximum absolute atomic E-state index is 13.0. The third kappa shape index (κ3) is 3.68. The molecule has 0 aliphatic rings.